The van der Waals surface area contributed by atoms with Gasteiger partial charge in [-0.2, -0.15) is 0 Å². The van der Waals surface area contributed by atoms with E-state index in [-0.39, 0.29) is 5.41 Å². The van der Waals surface area contributed by atoms with Gasteiger partial charge in [0, 0.05) is 22.1 Å². The van der Waals surface area contributed by atoms with Gasteiger partial charge in [0.05, 0.1) is 0 Å². The van der Waals surface area contributed by atoms with Crippen molar-refractivity contribution in [1.29, 1.82) is 0 Å². The highest BCUT2D eigenvalue weighted by Crippen LogP contribution is 2.53. The van der Waals surface area contributed by atoms with E-state index in [9.17, 15) is 0 Å². The summed E-state index contributed by atoms with van der Waals surface area (Å²) in [6.45, 7) is 2.37. The quantitative estimate of drug-likeness (QED) is 0.182. The topological polar surface area (TPSA) is 38.7 Å². The molecule has 8 aromatic rings. The van der Waals surface area contributed by atoms with E-state index in [0.717, 1.165) is 27.8 Å². The van der Waals surface area contributed by atoms with Crippen LogP contribution in [0.2, 0.25) is 0 Å². The number of rotatable bonds is 6. The Hall–Kier alpha value is -6.45. The zero-order valence-electron chi connectivity index (χ0n) is 27.7. The SMILES string of the molecule is CC1(c2ccccc2)c2ccccc2-c2ccc(-c3ccccc3-c3cccc(-c4nc(-c5ccccc5)nc(-c5ccccc5)n4)c3)cc21. The molecule has 0 spiro atoms. The summed E-state index contributed by atoms with van der Waals surface area (Å²) in [6.07, 6.45) is 0. The molecular formula is C47H33N3. The Labute approximate surface area is 292 Å². The van der Waals surface area contributed by atoms with E-state index in [1.807, 2.05) is 60.7 Å². The predicted octanol–water partition coefficient (Wildman–Crippen LogP) is 11.5. The van der Waals surface area contributed by atoms with E-state index in [1.54, 1.807) is 0 Å². The Morgan fingerprint density at radius 3 is 1.38 bits per heavy atom. The molecule has 0 fully saturated rings. The van der Waals surface area contributed by atoms with Gasteiger partial charge in [0.2, 0.25) is 0 Å². The minimum atomic E-state index is -0.260. The second-order valence-corrected chi connectivity index (χ2v) is 13.0. The highest BCUT2D eigenvalue weighted by molar-refractivity contribution is 5.90. The molecule has 3 heteroatoms. The third-order valence-electron chi connectivity index (χ3n) is 10.0. The van der Waals surface area contributed by atoms with Gasteiger partial charge in [-0.3, -0.25) is 0 Å². The minimum absolute atomic E-state index is 0.260. The third kappa shape index (κ3) is 5.03. The van der Waals surface area contributed by atoms with Gasteiger partial charge < -0.3 is 0 Å². The summed E-state index contributed by atoms with van der Waals surface area (Å²) in [6, 6.07) is 64.2. The van der Waals surface area contributed by atoms with Crippen molar-refractivity contribution >= 4 is 0 Å². The highest BCUT2D eigenvalue weighted by Gasteiger charge is 2.40. The van der Waals surface area contributed by atoms with E-state index in [4.69, 9.17) is 15.0 Å². The molecule has 1 aliphatic carbocycles. The molecule has 0 radical (unpaired) electrons. The third-order valence-corrected chi connectivity index (χ3v) is 10.0. The van der Waals surface area contributed by atoms with E-state index >= 15 is 0 Å². The number of aromatic nitrogens is 3. The molecule has 0 amide bonds. The van der Waals surface area contributed by atoms with Crippen molar-refractivity contribution in [1.82, 2.24) is 15.0 Å². The normalized spacial score (nSPS) is 14.6. The fourth-order valence-electron chi connectivity index (χ4n) is 7.49. The molecule has 0 aliphatic heterocycles. The van der Waals surface area contributed by atoms with Crippen LogP contribution in [0.25, 0.3) is 67.5 Å². The Morgan fingerprint density at radius 1 is 0.320 bits per heavy atom. The summed E-state index contributed by atoms with van der Waals surface area (Å²) in [7, 11) is 0. The molecule has 1 aliphatic rings. The Kier molecular flexibility index (Phi) is 7.25. The van der Waals surface area contributed by atoms with Gasteiger partial charge >= 0.3 is 0 Å². The molecule has 0 saturated heterocycles. The van der Waals surface area contributed by atoms with Gasteiger partial charge in [-0.25, -0.2) is 15.0 Å². The molecule has 50 heavy (non-hydrogen) atoms. The monoisotopic (exact) mass is 639 g/mol. The second kappa shape index (κ2) is 12.2. The van der Waals surface area contributed by atoms with E-state index in [2.05, 4.69) is 128 Å². The first-order valence-corrected chi connectivity index (χ1v) is 17.0. The Bertz CT molecular complexity index is 2430. The zero-order valence-corrected chi connectivity index (χ0v) is 27.7. The van der Waals surface area contributed by atoms with Crippen molar-refractivity contribution in [2.75, 3.05) is 0 Å². The summed E-state index contributed by atoms with van der Waals surface area (Å²) in [5.41, 5.74) is 13.8. The van der Waals surface area contributed by atoms with Gasteiger partial charge in [0.15, 0.2) is 17.5 Å². The lowest BCUT2D eigenvalue weighted by Crippen LogP contribution is -2.22. The first kappa shape index (κ1) is 29.7. The first-order chi connectivity index (χ1) is 24.7. The van der Waals surface area contributed by atoms with Crippen molar-refractivity contribution in [2.24, 2.45) is 0 Å². The van der Waals surface area contributed by atoms with E-state index in [0.29, 0.717) is 17.5 Å². The van der Waals surface area contributed by atoms with Crippen molar-refractivity contribution < 1.29 is 0 Å². The lowest BCUT2D eigenvalue weighted by atomic mass is 9.74. The first-order valence-electron chi connectivity index (χ1n) is 17.0. The number of hydrogen-bond acceptors (Lipinski definition) is 3. The number of fused-ring (bicyclic) bond motifs is 3. The van der Waals surface area contributed by atoms with Crippen LogP contribution in [-0.4, -0.2) is 15.0 Å². The molecule has 236 valence electrons. The van der Waals surface area contributed by atoms with Gasteiger partial charge in [0.1, 0.15) is 0 Å². The maximum Gasteiger partial charge on any atom is 0.164 e. The molecule has 0 N–H and O–H groups in total. The van der Waals surface area contributed by atoms with Crippen LogP contribution in [0.15, 0.2) is 182 Å². The number of hydrogen-bond donors (Lipinski definition) is 0. The smallest absolute Gasteiger partial charge is 0.164 e. The summed E-state index contributed by atoms with van der Waals surface area (Å²) < 4.78 is 0. The lowest BCUT2D eigenvalue weighted by molar-refractivity contribution is 0.714. The van der Waals surface area contributed by atoms with Crippen LogP contribution in [0.5, 0.6) is 0 Å². The van der Waals surface area contributed by atoms with Crippen LogP contribution in [0, 0.1) is 0 Å². The van der Waals surface area contributed by atoms with Crippen molar-refractivity contribution in [2.45, 2.75) is 12.3 Å². The molecule has 9 rings (SSSR count). The molecular weight excluding hydrogens is 607 g/mol. The van der Waals surface area contributed by atoms with E-state index < -0.39 is 0 Å². The molecule has 0 saturated carbocycles. The summed E-state index contributed by atoms with van der Waals surface area (Å²) in [5, 5.41) is 0. The minimum Gasteiger partial charge on any atom is -0.208 e. The Morgan fingerprint density at radius 2 is 0.760 bits per heavy atom. The number of nitrogens with zero attached hydrogens (tertiary/aromatic N) is 3. The molecule has 7 aromatic carbocycles. The maximum atomic E-state index is 5.00. The highest BCUT2D eigenvalue weighted by atomic mass is 15.0. The van der Waals surface area contributed by atoms with Crippen LogP contribution >= 0.6 is 0 Å². The van der Waals surface area contributed by atoms with Crippen LogP contribution in [0.3, 0.4) is 0 Å². The Balaban J connectivity index is 1.16. The van der Waals surface area contributed by atoms with Crippen molar-refractivity contribution in [3.05, 3.63) is 199 Å². The van der Waals surface area contributed by atoms with Crippen molar-refractivity contribution in [3.63, 3.8) is 0 Å². The van der Waals surface area contributed by atoms with Crippen molar-refractivity contribution in [3.8, 4) is 67.5 Å². The predicted molar refractivity (Wildman–Crippen MR) is 204 cm³/mol. The van der Waals surface area contributed by atoms with Crippen LogP contribution < -0.4 is 0 Å². The molecule has 1 atom stereocenters. The largest absolute Gasteiger partial charge is 0.208 e. The van der Waals surface area contributed by atoms with E-state index in [1.165, 1.54) is 38.9 Å². The lowest BCUT2D eigenvalue weighted by Gasteiger charge is -2.28. The molecule has 3 nitrogen and oxygen atoms in total. The standard InChI is InChI=1S/C47H33N3/c1-47(37-22-9-4-10-23-37)42-27-14-13-26-40(42)41-29-28-35(31-43(41)47)39-25-12-11-24-38(39)34-20-15-21-36(30-34)46-49-44(32-16-5-2-6-17-32)48-45(50-46)33-18-7-3-8-19-33/h2-31H,1H3. The zero-order chi connectivity index (χ0) is 33.5. The summed E-state index contributed by atoms with van der Waals surface area (Å²) >= 11 is 0. The van der Waals surface area contributed by atoms with Gasteiger partial charge in [-0.1, -0.05) is 170 Å². The second-order valence-electron chi connectivity index (χ2n) is 13.0. The summed E-state index contributed by atoms with van der Waals surface area (Å²) in [4.78, 5) is 14.9. The fraction of sp³-hybridized carbons (Fsp3) is 0.0426. The molecule has 0 bridgehead atoms. The number of benzene rings is 7. The van der Waals surface area contributed by atoms with Crippen LogP contribution in [0.1, 0.15) is 23.6 Å². The fourth-order valence-corrected chi connectivity index (χ4v) is 7.49. The summed E-state index contributed by atoms with van der Waals surface area (Å²) in [5.74, 6) is 1.95. The van der Waals surface area contributed by atoms with Gasteiger partial charge in [-0.15, -0.1) is 0 Å². The molecule has 1 unspecified atom stereocenters. The molecule has 1 heterocycles. The molecule has 1 aromatic heterocycles. The average Bonchev–Trinajstić information content (AvgIpc) is 3.47. The van der Waals surface area contributed by atoms with Crippen LogP contribution in [-0.2, 0) is 5.41 Å². The van der Waals surface area contributed by atoms with Crippen LogP contribution in [0.4, 0.5) is 0 Å². The van der Waals surface area contributed by atoms with Gasteiger partial charge in [0.25, 0.3) is 0 Å². The van der Waals surface area contributed by atoms with Gasteiger partial charge in [-0.05, 0) is 69.1 Å². The average molecular weight is 640 g/mol. The maximum absolute atomic E-state index is 5.00.